The number of hydrogen-bond acceptors (Lipinski definition) is 5. The van der Waals surface area contributed by atoms with Crippen LogP contribution in [0.1, 0.15) is 12.8 Å². The summed E-state index contributed by atoms with van der Waals surface area (Å²) < 4.78 is 0. The predicted molar refractivity (Wildman–Crippen MR) is 49.3 cm³/mol. The molecule has 0 spiro atoms. The molecule has 0 aliphatic rings. The number of carboxylic acids is 2. The van der Waals surface area contributed by atoms with Crippen LogP contribution < -0.4 is 0 Å². The van der Waals surface area contributed by atoms with Crippen LogP contribution in [-0.4, -0.2) is 57.3 Å². The molecular formula is C8H16O7. The normalized spacial score (nSPS) is 9.33. The molecule has 0 amide bonds. The van der Waals surface area contributed by atoms with Crippen LogP contribution in [-0.2, 0) is 9.59 Å². The lowest BCUT2D eigenvalue weighted by Crippen LogP contribution is -2.11. The molecule has 0 saturated heterocycles. The van der Waals surface area contributed by atoms with Gasteiger partial charge in [-0.2, -0.15) is 0 Å². The molecule has 0 aliphatic heterocycles. The van der Waals surface area contributed by atoms with E-state index in [9.17, 15) is 0 Å². The van der Waals surface area contributed by atoms with Crippen LogP contribution in [0.5, 0.6) is 0 Å². The third kappa shape index (κ3) is 12.8. The maximum Gasteiger partial charge on any atom is 0.414 e. The zero-order valence-corrected chi connectivity index (χ0v) is 8.17. The van der Waals surface area contributed by atoms with Crippen LogP contribution in [0.2, 0.25) is 0 Å². The van der Waals surface area contributed by atoms with Gasteiger partial charge in [0.2, 0.25) is 0 Å². The van der Waals surface area contributed by atoms with Crippen molar-refractivity contribution in [3.63, 3.8) is 0 Å². The van der Waals surface area contributed by atoms with Crippen molar-refractivity contribution in [3.05, 3.63) is 0 Å². The molecule has 0 rings (SSSR count). The zero-order chi connectivity index (χ0) is 12.3. The molecule has 0 saturated carbocycles. The summed E-state index contributed by atoms with van der Waals surface area (Å²) in [4.78, 5) is 18.2. The van der Waals surface area contributed by atoms with Gasteiger partial charge in [-0.05, 0) is 12.8 Å². The number of hydrogen-bond donors (Lipinski definition) is 5. The van der Waals surface area contributed by atoms with Gasteiger partial charge < -0.3 is 25.5 Å². The summed E-state index contributed by atoms with van der Waals surface area (Å²) in [5.41, 5.74) is 0. The zero-order valence-electron chi connectivity index (χ0n) is 8.17. The van der Waals surface area contributed by atoms with Crippen LogP contribution in [0.25, 0.3) is 0 Å². The highest BCUT2D eigenvalue weighted by Gasteiger charge is 2.04. The lowest BCUT2D eigenvalue weighted by molar-refractivity contribution is -0.159. The van der Waals surface area contributed by atoms with Gasteiger partial charge in [-0.25, -0.2) is 9.59 Å². The second kappa shape index (κ2) is 10.9. The first-order valence-electron chi connectivity index (χ1n) is 4.28. The molecule has 5 N–H and O–H groups in total. The summed E-state index contributed by atoms with van der Waals surface area (Å²) >= 11 is 0. The van der Waals surface area contributed by atoms with E-state index in [1.165, 1.54) is 0 Å². The number of carbonyl (C=O) groups is 2. The molecule has 0 aliphatic carbocycles. The average Bonchev–Trinajstić information content (AvgIpc) is 2.20. The SMILES string of the molecule is O=C(O)C(=O)O.OCCCC(CO)CO. The monoisotopic (exact) mass is 224 g/mol. The van der Waals surface area contributed by atoms with Crippen molar-refractivity contribution in [2.45, 2.75) is 12.8 Å². The molecule has 0 fully saturated rings. The van der Waals surface area contributed by atoms with Gasteiger partial charge in [0.15, 0.2) is 0 Å². The van der Waals surface area contributed by atoms with Crippen LogP contribution in [0.3, 0.4) is 0 Å². The van der Waals surface area contributed by atoms with Crippen LogP contribution in [0.15, 0.2) is 0 Å². The van der Waals surface area contributed by atoms with E-state index >= 15 is 0 Å². The molecular weight excluding hydrogens is 208 g/mol. The number of aliphatic hydroxyl groups is 3. The minimum Gasteiger partial charge on any atom is -0.473 e. The van der Waals surface area contributed by atoms with E-state index in [-0.39, 0.29) is 25.7 Å². The number of carboxylic acid groups (broad SMARTS) is 2. The first kappa shape index (κ1) is 16.3. The lowest BCUT2D eigenvalue weighted by Gasteiger charge is -2.07. The van der Waals surface area contributed by atoms with E-state index in [1.807, 2.05) is 0 Å². The van der Waals surface area contributed by atoms with Gasteiger partial charge >= 0.3 is 11.9 Å². The molecule has 90 valence electrons. The van der Waals surface area contributed by atoms with Crippen molar-refractivity contribution in [1.29, 1.82) is 0 Å². The summed E-state index contributed by atoms with van der Waals surface area (Å²) in [6, 6.07) is 0. The van der Waals surface area contributed by atoms with Crippen molar-refractivity contribution in [1.82, 2.24) is 0 Å². The minimum absolute atomic E-state index is 0.0104. The topological polar surface area (TPSA) is 135 Å². The Bertz CT molecular complexity index is 164. The van der Waals surface area contributed by atoms with E-state index in [0.29, 0.717) is 12.8 Å². The summed E-state index contributed by atoms with van der Waals surface area (Å²) in [6.07, 6.45) is 1.36. The van der Waals surface area contributed by atoms with Gasteiger partial charge in [0.05, 0.1) is 0 Å². The van der Waals surface area contributed by atoms with E-state index in [0.717, 1.165) is 0 Å². The largest absolute Gasteiger partial charge is 0.473 e. The quantitative estimate of drug-likeness (QED) is 0.359. The molecule has 0 aromatic rings. The summed E-state index contributed by atoms with van der Waals surface area (Å²) in [5, 5.41) is 40.1. The van der Waals surface area contributed by atoms with Crippen molar-refractivity contribution >= 4 is 11.9 Å². The Balaban J connectivity index is 0. The average molecular weight is 224 g/mol. The molecule has 0 unspecified atom stereocenters. The number of rotatable bonds is 5. The van der Waals surface area contributed by atoms with Gasteiger partial charge in [-0.1, -0.05) is 0 Å². The smallest absolute Gasteiger partial charge is 0.414 e. The standard InChI is InChI=1S/C6H14O3.C2H2O4/c7-3-1-2-6(4-8)5-9;3-1(4)2(5)6/h6-9H,1-5H2;(H,3,4)(H,5,6). The highest BCUT2D eigenvalue weighted by atomic mass is 16.4. The minimum atomic E-state index is -1.82. The van der Waals surface area contributed by atoms with Crippen LogP contribution in [0, 0.1) is 5.92 Å². The fraction of sp³-hybridized carbons (Fsp3) is 0.750. The molecule has 0 bridgehead atoms. The molecule has 7 nitrogen and oxygen atoms in total. The van der Waals surface area contributed by atoms with E-state index in [4.69, 9.17) is 35.1 Å². The fourth-order valence-electron chi connectivity index (χ4n) is 0.620. The third-order valence-electron chi connectivity index (χ3n) is 1.47. The van der Waals surface area contributed by atoms with Gasteiger partial charge in [-0.15, -0.1) is 0 Å². The van der Waals surface area contributed by atoms with Gasteiger partial charge in [0, 0.05) is 25.7 Å². The Labute approximate surface area is 86.6 Å². The summed E-state index contributed by atoms with van der Waals surface area (Å²) in [6.45, 7) is 0.156. The second-order valence-corrected chi connectivity index (χ2v) is 2.71. The third-order valence-corrected chi connectivity index (χ3v) is 1.47. The molecule has 0 aromatic heterocycles. The molecule has 7 heteroatoms. The predicted octanol–water partition coefficient (Wildman–Crippen LogP) is -1.48. The maximum atomic E-state index is 9.10. The van der Waals surface area contributed by atoms with Crippen molar-refractivity contribution in [2.75, 3.05) is 19.8 Å². The van der Waals surface area contributed by atoms with Crippen molar-refractivity contribution in [2.24, 2.45) is 5.92 Å². The lowest BCUT2D eigenvalue weighted by atomic mass is 10.1. The van der Waals surface area contributed by atoms with Gasteiger partial charge in [0.25, 0.3) is 0 Å². The molecule has 15 heavy (non-hydrogen) atoms. The van der Waals surface area contributed by atoms with Crippen molar-refractivity contribution < 1.29 is 35.1 Å². The summed E-state index contributed by atoms with van der Waals surface area (Å²) in [5.74, 6) is -3.69. The van der Waals surface area contributed by atoms with E-state index < -0.39 is 11.9 Å². The van der Waals surface area contributed by atoms with E-state index in [2.05, 4.69) is 0 Å². The molecule has 0 radical (unpaired) electrons. The first-order valence-corrected chi connectivity index (χ1v) is 4.28. The van der Waals surface area contributed by atoms with Gasteiger partial charge in [-0.3, -0.25) is 0 Å². The van der Waals surface area contributed by atoms with Crippen LogP contribution >= 0.6 is 0 Å². The highest BCUT2D eigenvalue weighted by molar-refractivity contribution is 6.27. The Kier molecular flexibility index (Phi) is 11.8. The van der Waals surface area contributed by atoms with Gasteiger partial charge in [0.1, 0.15) is 0 Å². The van der Waals surface area contributed by atoms with E-state index in [1.54, 1.807) is 0 Å². The number of aliphatic hydroxyl groups excluding tert-OH is 3. The Morgan fingerprint density at radius 3 is 1.53 bits per heavy atom. The highest BCUT2D eigenvalue weighted by Crippen LogP contribution is 2.02. The molecule has 0 atom stereocenters. The second-order valence-electron chi connectivity index (χ2n) is 2.71. The fourth-order valence-corrected chi connectivity index (χ4v) is 0.620. The molecule has 0 heterocycles. The van der Waals surface area contributed by atoms with Crippen LogP contribution in [0.4, 0.5) is 0 Å². The number of aliphatic carboxylic acids is 2. The summed E-state index contributed by atoms with van der Waals surface area (Å²) in [7, 11) is 0. The Morgan fingerprint density at radius 1 is 0.933 bits per heavy atom. The molecule has 0 aromatic carbocycles. The van der Waals surface area contributed by atoms with Crippen molar-refractivity contribution in [3.8, 4) is 0 Å². The maximum absolute atomic E-state index is 9.10. The Hall–Kier alpha value is -1.18. The Morgan fingerprint density at radius 2 is 1.33 bits per heavy atom. The first-order chi connectivity index (χ1) is 6.99.